The quantitative estimate of drug-likeness (QED) is 0.546. The minimum Gasteiger partial charge on any atom is -0.299 e. The van der Waals surface area contributed by atoms with Crippen molar-refractivity contribution in [3.8, 4) is 0 Å². The van der Waals surface area contributed by atoms with Crippen molar-refractivity contribution in [1.29, 1.82) is 0 Å². The Bertz CT molecular complexity index is 332. The molecule has 5 saturated carbocycles. The zero-order chi connectivity index (χ0) is 8.32. The SMILES string of the molecule is O=C1[C@H]2[C@H]3C[C@H]1[C@@H]1[C@H]4C[C@H]([C@@H]2C4)[C@@H]31. The summed E-state index contributed by atoms with van der Waals surface area (Å²) in [5.41, 5.74) is 0. The second-order valence-electron chi connectivity index (χ2n) is 6.15. The third-order valence-electron chi connectivity index (χ3n) is 6.28. The van der Waals surface area contributed by atoms with Gasteiger partial charge >= 0.3 is 0 Å². The molecule has 0 aromatic heterocycles. The van der Waals surface area contributed by atoms with Crippen LogP contribution in [0.2, 0.25) is 0 Å². The predicted octanol–water partition coefficient (Wildman–Crippen LogP) is 1.72. The molecule has 1 nitrogen and oxygen atoms in total. The molecule has 0 unspecified atom stereocenters. The van der Waals surface area contributed by atoms with Crippen LogP contribution in [0.5, 0.6) is 0 Å². The lowest BCUT2D eigenvalue weighted by molar-refractivity contribution is -0.127. The average Bonchev–Trinajstić information content (AvgIpc) is 2.74. The molecular formula is C12H14O. The van der Waals surface area contributed by atoms with Crippen molar-refractivity contribution in [3.63, 3.8) is 0 Å². The first-order chi connectivity index (χ1) is 6.36. The minimum absolute atomic E-state index is 0.558. The van der Waals surface area contributed by atoms with Crippen LogP contribution in [0.3, 0.4) is 0 Å². The number of Topliss-reactive ketones (excluding diaryl/α,β-unsaturated/α-hetero) is 1. The highest BCUT2D eigenvalue weighted by Crippen LogP contribution is 2.77. The summed E-state index contributed by atoms with van der Waals surface area (Å²) in [5, 5.41) is 0. The van der Waals surface area contributed by atoms with E-state index in [9.17, 15) is 4.79 Å². The van der Waals surface area contributed by atoms with E-state index in [1.807, 2.05) is 0 Å². The van der Waals surface area contributed by atoms with Crippen molar-refractivity contribution in [2.75, 3.05) is 0 Å². The lowest BCUT2D eigenvalue weighted by Crippen LogP contribution is -2.28. The van der Waals surface area contributed by atoms with Crippen LogP contribution < -0.4 is 0 Å². The molecule has 0 heterocycles. The molecule has 0 aromatic carbocycles. The molecule has 0 spiro atoms. The topological polar surface area (TPSA) is 17.1 Å². The number of rotatable bonds is 0. The summed E-state index contributed by atoms with van der Waals surface area (Å²) >= 11 is 0. The fourth-order valence-electron chi connectivity index (χ4n) is 6.40. The Labute approximate surface area is 77.9 Å². The van der Waals surface area contributed by atoms with Crippen LogP contribution in [0.25, 0.3) is 0 Å². The first kappa shape index (κ1) is 6.21. The maximum Gasteiger partial charge on any atom is 0.139 e. The van der Waals surface area contributed by atoms with Gasteiger partial charge in [0.15, 0.2) is 0 Å². The van der Waals surface area contributed by atoms with Crippen LogP contribution in [-0.2, 0) is 4.79 Å². The van der Waals surface area contributed by atoms with Crippen LogP contribution >= 0.6 is 0 Å². The molecule has 4 bridgehead atoms. The standard InChI is InChI=1S/C12H14O/c13-12-8-3-7-10-5-1-4(9(8)10)2-6(5)11(7)12/h4-11H,1-3H2/t4-,5+,6-,7-,8-,9-,10-,11+/m0/s1. The highest BCUT2D eigenvalue weighted by Gasteiger charge is 2.75. The smallest absolute Gasteiger partial charge is 0.139 e. The second kappa shape index (κ2) is 1.51. The number of hydrogen-bond donors (Lipinski definition) is 0. The highest BCUT2D eigenvalue weighted by atomic mass is 16.1. The molecule has 5 fully saturated rings. The number of carbonyl (C=O) groups excluding carboxylic acids is 1. The van der Waals surface area contributed by atoms with Crippen LogP contribution in [0, 0.1) is 47.3 Å². The lowest BCUT2D eigenvalue weighted by Gasteiger charge is -2.26. The van der Waals surface area contributed by atoms with Crippen molar-refractivity contribution in [3.05, 3.63) is 0 Å². The average molecular weight is 174 g/mol. The molecule has 68 valence electrons. The fourth-order valence-corrected chi connectivity index (χ4v) is 6.40. The second-order valence-corrected chi connectivity index (χ2v) is 6.15. The Morgan fingerprint density at radius 2 is 1.77 bits per heavy atom. The summed E-state index contributed by atoms with van der Waals surface area (Å²) in [6, 6.07) is 0. The van der Waals surface area contributed by atoms with E-state index in [2.05, 4.69) is 0 Å². The predicted molar refractivity (Wildman–Crippen MR) is 46.8 cm³/mol. The van der Waals surface area contributed by atoms with Crippen molar-refractivity contribution >= 4 is 5.78 Å². The number of ketones is 1. The number of hydrogen-bond acceptors (Lipinski definition) is 1. The van der Waals surface area contributed by atoms with Crippen molar-refractivity contribution in [2.45, 2.75) is 19.3 Å². The Balaban J connectivity index is 1.87. The molecule has 0 aliphatic heterocycles. The van der Waals surface area contributed by atoms with E-state index in [0.29, 0.717) is 17.6 Å². The molecule has 5 aliphatic carbocycles. The molecule has 0 aromatic rings. The highest BCUT2D eigenvalue weighted by molar-refractivity contribution is 5.89. The Hall–Kier alpha value is -0.330. The zero-order valence-corrected chi connectivity index (χ0v) is 7.65. The molecule has 0 amide bonds. The van der Waals surface area contributed by atoms with E-state index in [0.717, 1.165) is 35.5 Å². The van der Waals surface area contributed by atoms with Gasteiger partial charge in [0.1, 0.15) is 5.78 Å². The van der Waals surface area contributed by atoms with Gasteiger partial charge in [0, 0.05) is 11.8 Å². The Kier molecular flexibility index (Phi) is 0.721. The fraction of sp³-hybridized carbons (Fsp3) is 0.917. The van der Waals surface area contributed by atoms with E-state index in [1.165, 1.54) is 19.3 Å². The summed E-state index contributed by atoms with van der Waals surface area (Å²) in [5.74, 6) is 7.52. The van der Waals surface area contributed by atoms with Gasteiger partial charge in [-0.25, -0.2) is 0 Å². The molecule has 5 aliphatic rings. The molecule has 13 heavy (non-hydrogen) atoms. The maximum atomic E-state index is 12.1. The first-order valence-electron chi connectivity index (χ1n) is 5.90. The molecular weight excluding hydrogens is 160 g/mol. The number of carbonyl (C=O) groups is 1. The van der Waals surface area contributed by atoms with Gasteiger partial charge in [-0.15, -0.1) is 0 Å². The Morgan fingerprint density at radius 3 is 2.69 bits per heavy atom. The van der Waals surface area contributed by atoms with Crippen LogP contribution in [0.1, 0.15) is 19.3 Å². The zero-order valence-electron chi connectivity index (χ0n) is 7.65. The third-order valence-corrected chi connectivity index (χ3v) is 6.28. The van der Waals surface area contributed by atoms with Gasteiger partial charge in [0.05, 0.1) is 0 Å². The van der Waals surface area contributed by atoms with Crippen LogP contribution in [0.15, 0.2) is 0 Å². The maximum absolute atomic E-state index is 12.1. The van der Waals surface area contributed by atoms with E-state index in [1.54, 1.807) is 0 Å². The number of fused-ring (bicyclic) bond motifs is 5. The molecule has 8 atom stereocenters. The Morgan fingerprint density at radius 1 is 0.923 bits per heavy atom. The van der Waals surface area contributed by atoms with E-state index in [4.69, 9.17) is 0 Å². The minimum atomic E-state index is 0.558. The monoisotopic (exact) mass is 174 g/mol. The molecule has 0 N–H and O–H groups in total. The van der Waals surface area contributed by atoms with Gasteiger partial charge in [-0.2, -0.15) is 0 Å². The van der Waals surface area contributed by atoms with E-state index < -0.39 is 0 Å². The van der Waals surface area contributed by atoms with Gasteiger partial charge in [-0.05, 0) is 54.8 Å². The summed E-state index contributed by atoms with van der Waals surface area (Å²) in [6.45, 7) is 0. The van der Waals surface area contributed by atoms with Crippen LogP contribution in [0.4, 0.5) is 0 Å². The molecule has 0 radical (unpaired) electrons. The van der Waals surface area contributed by atoms with Gasteiger partial charge < -0.3 is 0 Å². The summed E-state index contributed by atoms with van der Waals surface area (Å²) < 4.78 is 0. The lowest BCUT2D eigenvalue weighted by atomic mass is 9.77. The van der Waals surface area contributed by atoms with Crippen LogP contribution in [-0.4, -0.2) is 5.78 Å². The van der Waals surface area contributed by atoms with Gasteiger partial charge in [-0.1, -0.05) is 0 Å². The van der Waals surface area contributed by atoms with E-state index >= 15 is 0 Å². The first-order valence-corrected chi connectivity index (χ1v) is 5.90. The molecule has 0 saturated heterocycles. The van der Waals surface area contributed by atoms with E-state index in [-0.39, 0.29) is 0 Å². The van der Waals surface area contributed by atoms with Gasteiger partial charge in [0.2, 0.25) is 0 Å². The van der Waals surface area contributed by atoms with Crippen molar-refractivity contribution in [1.82, 2.24) is 0 Å². The summed E-state index contributed by atoms with van der Waals surface area (Å²) in [4.78, 5) is 12.1. The summed E-state index contributed by atoms with van der Waals surface area (Å²) in [7, 11) is 0. The summed E-state index contributed by atoms with van der Waals surface area (Å²) in [6.07, 6.45) is 4.26. The molecule has 1 heteroatoms. The third kappa shape index (κ3) is 0.409. The van der Waals surface area contributed by atoms with Gasteiger partial charge in [-0.3, -0.25) is 4.79 Å². The van der Waals surface area contributed by atoms with Crippen molar-refractivity contribution in [2.24, 2.45) is 47.3 Å². The normalized spacial score (nSPS) is 74.9. The van der Waals surface area contributed by atoms with Crippen molar-refractivity contribution < 1.29 is 4.79 Å². The van der Waals surface area contributed by atoms with Gasteiger partial charge in [0.25, 0.3) is 0 Å². The molecule has 5 rings (SSSR count). The largest absolute Gasteiger partial charge is 0.299 e.